The highest BCUT2D eigenvalue weighted by molar-refractivity contribution is 6.35. The predicted molar refractivity (Wildman–Crippen MR) is 127 cm³/mol. The van der Waals surface area contributed by atoms with Crippen molar-refractivity contribution in [1.29, 1.82) is 0 Å². The molecular weight excluding hydrogens is 471 g/mol. The number of halogens is 3. The molecule has 2 N–H and O–H groups in total. The molecule has 0 aliphatic rings. The van der Waals surface area contributed by atoms with E-state index in [1.54, 1.807) is 36.5 Å². The summed E-state index contributed by atoms with van der Waals surface area (Å²) in [5, 5.41) is 19.4. The monoisotopic (exact) mass is 488 g/mol. The second kappa shape index (κ2) is 9.33. The van der Waals surface area contributed by atoms with Gasteiger partial charge in [-0.25, -0.2) is 0 Å². The average Bonchev–Trinajstić information content (AvgIpc) is 3.19. The molecule has 4 aromatic rings. The lowest BCUT2D eigenvalue weighted by Gasteiger charge is -2.12. The summed E-state index contributed by atoms with van der Waals surface area (Å²) in [6.07, 6.45) is 1.56. The molecular formula is C24H19Cl3N2O3. The summed E-state index contributed by atoms with van der Waals surface area (Å²) < 4.78 is 11.8. The van der Waals surface area contributed by atoms with E-state index in [-0.39, 0.29) is 12.4 Å². The van der Waals surface area contributed by atoms with Gasteiger partial charge < -0.3 is 14.6 Å². The Morgan fingerprint density at radius 2 is 1.69 bits per heavy atom. The van der Waals surface area contributed by atoms with Gasteiger partial charge in [-0.2, -0.15) is 5.10 Å². The van der Waals surface area contributed by atoms with Crippen LogP contribution >= 0.6 is 34.8 Å². The van der Waals surface area contributed by atoms with Gasteiger partial charge in [-0.3, -0.25) is 5.10 Å². The van der Waals surface area contributed by atoms with E-state index < -0.39 is 0 Å². The molecule has 5 nitrogen and oxygen atoms in total. The van der Waals surface area contributed by atoms with Crippen molar-refractivity contribution in [1.82, 2.24) is 10.2 Å². The Kier molecular flexibility index (Phi) is 6.51. The molecule has 0 amide bonds. The summed E-state index contributed by atoms with van der Waals surface area (Å²) in [6, 6.07) is 13.9. The highest BCUT2D eigenvalue weighted by Gasteiger charge is 2.16. The van der Waals surface area contributed by atoms with E-state index in [0.29, 0.717) is 43.6 Å². The highest BCUT2D eigenvalue weighted by atomic mass is 35.5. The lowest BCUT2D eigenvalue weighted by atomic mass is 10.1. The number of hydrogen-bond donors (Lipinski definition) is 2. The van der Waals surface area contributed by atoms with E-state index in [1.807, 2.05) is 26.0 Å². The number of hydrogen-bond acceptors (Lipinski definition) is 4. The molecule has 4 rings (SSSR count). The fourth-order valence-electron chi connectivity index (χ4n) is 3.25. The van der Waals surface area contributed by atoms with Gasteiger partial charge in [0.25, 0.3) is 0 Å². The lowest BCUT2D eigenvalue weighted by molar-refractivity contribution is 0.304. The number of aromatic hydroxyl groups is 1. The molecule has 0 fully saturated rings. The Morgan fingerprint density at radius 1 is 0.938 bits per heavy atom. The number of aryl methyl sites for hydroxylation is 2. The van der Waals surface area contributed by atoms with Crippen molar-refractivity contribution < 1.29 is 14.6 Å². The zero-order chi connectivity index (χ0) is 22.8. The molecule has 1 aromatic heterocycles. The van der Waals surface area contributed by atoms with Crippen molar-refractivity contribution in [2.75, 3.05) is 0 Å². The quantitative estimate of drug-likeness (QED) is 0.291. The van der Waals surface area contributed by atoms with Gasteiger partial charge in [0, 0.05) is 32.3 Å². The van der Waals surface area contributed by atoms with Crippen LogP contribution in [0, 0.1) is 13.8 Å². The van der Waals surface area contributed by atoms with Crippen LogP contribution in [0.4, 0.5) is 0 Å². The molecule has 8 heteroatoms. The van der Waals surface area contributed by atoms with Gasteiger partial charge in [-0.15, -0.1) is 0 Å². The maximum Gasteiger partial charge on any atom is 0.173 e. The van der Waals surface area contributed by atoms with Gasteiger partial charge in [-0.1, -0.05) is 40.9 Å². The van der Waals surface area contributed by atoms with Crippen LogP contribution in [0.15, 0.2) is 54.7 Å². The molecule has 0 saturated heterocycles. The Bertz CT molecular complexity index is 1260. The third-order valence-corrected chi connectivity index (χ3v) is 6.07. The molecule has 0 atom stereocenters. The molecule has 0 spiro atoms. The number of phenolic OH excluding ortho intramolecular Hbond substituents is 1. The SMILES string of the molecule is Cc1cc(Oc2cn[nH]c2-c2ccc(OCc3ccc(Cl)cc3Cl)cc2O)cc(C)c1Cl. The molecule has 0 bridgehead atoms. The molecule has 164 valence electrons. The van der Waals surface area contributed by atoms with Crippen LogP contribution in [0.25, 0.3) is 11.3 Å². The van der Waals surface area contributed by atoms with Gasteiger partial charge >= 0.3 is 0 Å². The van der Waals surface area contributed by atoms with Crippen LogP contribution in [-0.4, -0.2) is 15.3 Å². The summed E-state index contributed by atoms with van der Waals surface area (Å²) in [5.41, 5.74) is 3.68. The van der Waals surface area contributed by atoms with Crippen molar-refractivity contribution in [3.05, 3.63) is 86.5 Å². The van der Waals surface area contributed by atoms with Crippen molar-refractivity contribution in [2.45, 2.75) is 20.5 Å². The minimum Gasteiger partial charge on any atom is -0.507 e. The van der Waals surface area contributed by atoms with Crippen molar-refractivity contribution in [3.63, 3.8) is 0 Å². The summed E-state index contributed by atoms with van der Waals surface area (Å²) in [5.74, 6) is 1.61. The molecule has 3 aromatic carbocycles. The highest BCUT2D eigenvalue weighted by Crippen LogP contribution is 2.39. The lowest BCUT2D eigenvalue weighted by Crippen LogP contribution is -1.96. The van der Waals surface area contributed by atoms with Crippen LogP contribution in [0.2, 0.25) is 15.1 Å². The van der Waals surface area contributed by atoms with Gasteiger partial charge in [-0.05, 0) is 61.4 Å². The number of aromatic nitrogens is 2. The van der Waals surface area contributed by atoms with Crippen LogP contribution in [0.5, 0.6) is 23.0 Å². The third kappa shape index (κ3) is 4.80. The van der Waals surface area contributed by atoms with E-state index in [2.05, 4.69) is 10.2 Å². The first-order valence-corrected chi connectivity index (χ1v) is 10.8. The molecule has 0 unspecified atom stereocenters. The minimum atomic E-state index is 0.0160. The molecule has 0 aliphatic carbocycles. The number of ether oxygens (including phenoxy) is 2. The van der Waals surface area contributed by atoms with E-state index in [0.717, 1.165) is 16.7 Å². The van der Waals surface area contributed by atoms with Gasteiger partial charge in [0.2, 0.25) is 0 Å². The number of H-pyrrole nitrogens is 1. The molecule has 32 heavy (non-hydrogen) atoms. The number of phenols is 1. The number of rotatable bonds is 6. The Hall–Kier alpha value is -2.86. The van der Waals surface area contributed by atoms with E-state index in [4.69, 9.17) is 44.3 Å². The topological polar surface area (TPSA) is 67.4 Å². The molecule has 0 aliphatic heterocycles. The van der Waals surface area contributed by atoms with Gasteiger partial charge in [0.1, 0.15) is 29.5 Å². The maximum atomic E-state index is 10.6. The van der Waals surface area contributed by atoms with Crippen molar-refractivity contribution >= 4 is 34.8 Å². The third-order valence-electron chi connectivity index (χ3n) is 4.89. The summed E-state index contributed by atoms with van der Waals surface area (Å²) in [4.78, 5) is 0. The Balaban J connectivity index is 1.53. The van der Waals surface area contributed by atoms with Gasteiger partial charge in [0.05, 0.1) is 6.20 Å². The second-order valence-corrected chi connectivity index (χ2v) is 8.51. The summed E-state index contributed by atoms with van der Waals surface area (Å²) in [7, 11) is 0. The normalized spacial score (nSPS) is 10.9. The standard InChI is InChI=1S/C24H19Cl3N2O3/c1-13-7-18(8-14(2)23(13)27)32-22-11-28-29-24(22)19-6-5-17(10-21(19)30)31-12-15-3-4-16(25)9-20(15)26/h3-11,30H,12H2,1-2H3,(H,28,29). The fraction of sp³-hybridized carbons (Fsp3) is 0.125. The van der Waals surface area contributed by atoms with E-state index in [9.17, 15) is 5.11 Å². The minimum absolute atomic E-state index is 0.0160. The van der Waals surface area contributed by atoms with E-state index in [1.165, 1.54) is 6.07 Å². The van der Waals surface area contributed by atoms with Crippen LogP contribution < -0.4 is 9.47 Å². The first-order chi connectivity index (χ1) is 15.3. The molecule has 0 saturated carbocycles. The number of aromatic amines is 1. The van der Waals surface area contributed by atoms with Crippen LogP contribution in [-0.2, 0) is 6.61 Å². The predicted octanol–water partition coefficient (Wildman–Crippen LogP) is 7.73. The maximum absolute atomic E-state index is 10.6. The first kappa shape index (κ1) is 22.3. The number of benzene rings is 3. The Labute approximate surface area is 200 Å². The first-order valence-electron chi connectivity index (χ1n) is 9.70. The molecule has 0 radical (unpaired) electrons. The second-order valence-electron chi connectivity index (χ2n) is 7.29. The van der Waals surface area contributed by atoms with Crippen molar-refractivity contribution in [2.24, 2.45) is 0 Å². The van der Waals surface area contributed by atoms with Crippen molar-refractivity contribution in [3.8, 4) is 34.3 Å². The van der Waals surface area contributed by atoms with Gasteiger partial charge in [0.15, 0.2) is 5.75 Å². The fourth-order valence-corrected chi connectivity index (χ4v) is 3.82. The summed E-state index contributed by atoms with van der Waals surface area (Å²) >= 11 is 18.4. The molecule has 1 heterocycles. The summed E-state index contributed by atoms with van der Waals surface area (Å²) in [6.45, 7) is 4.07. The largest absolute Gasteiger partial charge is 0.507 e. The van der Waals surface area contributed by atoms with E-state index >= 15 is 0 Å². The number of nitrogens with zero attached hydrogens (tertiary/aromatic N) is 1. The van der Waals surface area contributed by atoms with Crippen LogP contribution in [0.1, 0.15) is 16.7 Å². The average molecular weight is 490 g/mol. The zero-order valence-electron chi connectivity index (χ0n) is 17.2. The smallest absolute Gasteiger partial charge is 0.173 e. The van der Waals surface area contributed by atoms with Crippen LogP contribution in [0.3, 0.4) is 0 Å². The number of nitrogens with one attached hydrogen (secondary N) is 1. The Morgan fingerprint density at radius 3 is 2.38 bits per heavy atom. The zero-order valence-corrected chi connectivity index (χ0v) is 19.5.